The first-order valence-electron chi connectivity index (χ1n) is 7.54. The molecule has 1 heterocycles. The van der Waals surface area contributed by atoms with E-state index in [2.05, 4.69) is 15.3 Å². The van der Waals surface area contributed by atoms with Crippen molar-refractivity contribution in [3.63, 3.8) is 0 Å². The van der Waals surface area contributed by atoms with Crippen molar-refractivity contribution < 1.29 is 19.4 Å². The second-order valence-electron chi connectivity index (χ2n) is 5.27. The second kappa shape index (κ2) is 8.95. The molecule has 7 heteroatoms. The lowest BCUT2D eigenvalue weighted by Crippen LogP contribution is -2.35. The Hall–Kier alpha value is -2.51. The molecule has 0 aliphatic rings. The first kappa shape index (κ1) is 17.8. The molecule has 0 saturated heterocycles. The van der Waals surface area contributed by atoms with Crippen LogP contribution in [0.2, 0.25) is 0 Å². The van der Waals surface area contributed by atoms with E-state index in [1.807, 2.05) is 24.3 Å². The van der Waals surface area contributed by atoms with Gasteiger partial charge in [0, 0.05) is 12.7 Å². The Balaban J connectivity index is 1.68. The zero-order valence-corrected chi connectivity index (χ0v) is 13.7. The Morgan fingerprint density at radius 3 is 2.62 bits per heavy atom. The number of ether oxygens (including phenoxy) is 2. The number of carbonyl (C=O) groups excluding carboxylic acids is 1. The van der Waals surface area contributed by atoms with E-state index in [0.29, 0.717) is 6.61 Å². The van der Waals surface area contributed by atoms with Gasteiger partial charge in [-0.15, -0.1) is 0 Å². The van der Waals surface area contributed by atoms with Crippen LogP contribution in [0.3, 0.4) is 0 Å². The van der Waals surface area contributed by atoms with E-state index in [-0.39, 0.29) is 24.8 Å². The van der Waals surface area contributed by atoms with Crippen LogP contribution in [-0.2, 0) is 11.3 Å². The molecule has 0 saturated carbocycles. The number of aliphatic hydroxyl groups is 1. The lowest BCUT2D eigenvalue weighted by molar-refractivity contribution is 0.0284. The number of nitrogens with one attached hydrogen (secondary N) is 1. The molecule has 0 aliphatic heterocycles. The van der Waals surface area contributed by atoms with Crippen LogP contribution in [0.25, 0.3) is 0 Å². The summed E-state index contributed by atoms with van der Waals surface area (Å²) in [4.78, 5) is 19.8. The lowest BCUT2D eigenvalue weighted by Gasteiger charge is -2.12. The standard InChI is InChI=1S/C17H21N3O4/c1-12-7-19-16(9-18-12)17(22)20-8-14(21)11-24-10-13-3-5-15(23-2)6-4-13/h3-7,9,14,21H,8,10-11H2,1-2H3,(H,20,22)/t14-/m1/s1. The van der Waals surface area contributed by atoms with Crippen molar-refractivity contribution in [3.05, 3.63) is 53.6 Å². The van der Waals surface area contributed by atoms with Crippen LogP contribution < -0.4 is 10.1 Å². The van der Waals surface area contributed by atoms with Crippen molar-refractivity contribution >= 4 is 5.91 Å². The summed E-state index contributed by atoms with van der Waals surface area (Å²) in [6.07, 6.45) is 2.12. The van der Waals surface area contributed by atoms with E-state index in [1.165, 1.54) is 12.4 Å². The van der Waals surface area contributed by atoms with Gasteiger partial charge in [-0.3, -0.25) is 9.78 Å². The van der Waals surface area contributed by atoms with Crippen molar-refractivity contribution in [2.45, 2.75) is 19.6 Å². The summed E-state index contributed by atoms with van der Waals surface area (Å²) in [5.41, 5.74) is 1.92. The van der Waals surface area contributed by atoms with Gasteiger partial charge in [0.2, 0.25) is 0 Å². The zero-order valence-electron chi connectivity index (χ0n) is 13.7. The minimum atomic E-state index is -0.800. The number of hydrogen-bond acceptors (Lipinski definition) is 6. The third-order valence-corrected chi connectivity index (χ3v) is 3.25. The first-order chi connectivity index (χ1) is 11.6. The molecule has 1 aromatic heterocycles. The molecular weight excluding hydrogens is 310 g/mol. The molecule has 2 aromatic rings. The number of aliphatic hydroxyl groups excluding tert-OH is 1. The normalized spacial score (nSPS) is 11.8. The topological polar surface area (TPSA) is 93.6 Å². The predicted octanol–water partition coefficient (Wildman–Crippen LogP) is 1.10. The van der Waals surface area contributed by atoms with Crippen molar-refractivity contribution in [2.24, 2.45) is 0 Å². The average Bonchev–Trinajstić information content (AvgIpc) is 2.61. The van der Waals surface area contributed by atoms with Gasteiger partial charge in [0.15, 0.2) is 0 Å². The molecule has 0 unspecified atom stereocenters. The number of rotatable bonds is 8. The third kappa shape index (κ3) is 5.60. The number of aryl methyl sites for hydroxylation is 1. The van der Waals surface area contributed by atoms with Gasteiger partial charge in [0.1, 0.15) is 11.4 Å². The Kier molecular flexibility index (Phi) is 6.65. The Bertz CT molecular complexity index is 644. The summed E-state index contributed by atoms with van der Waals surface area (Å²) in [6, 6.07) is 7.47. The number of aromatic nitrogens is 2. The van der Waals surface area contributed by atoms with Crippen LogP contribution in [0.5, 0.6) is 5.75 Å². The summed E-state index contributed by atoms with van der Waals surface area (Å²) in [6.45, 7) is 2.36. The van der Waals surface area contributed by atoms with Gasteiger partial charge in [-0.2, -0.15) is 0 Å². The summed E-state index contributed by atoms with van der Waals surface area (Å²) in [7, 11) is 1.61. The molecule has 2 rings (SSSR count). The average molecular weight is 331 g/mol. The largest absolute Gasteiger partial charge is 0.497 e. The van der Waals surface area contributed by atoms with Gasteiger partial charge in [-0.05, 0) is 24.6 Å². The molecule has 1 atom stereocenters. The molecule has 2 N–H and O–H groups in total. The number of hydrogen-bond donors (Lipinski definition) is 2. The molecule has 0 spiro atoms. The smallest absolute Gasteiger partial charge is 0.271 e. The molecule has 0 fully saturated rings. The molecule has 0 radical (unpaired) electrons. The zero-order chi connectivity index (χ0) is 17.4. The molecule has 24 heavy (non-hydrogen) atoms. The first-order valence-corrected chi connectivity index (χ1v) is 7.54. The molecule has 128 valence electrons. The third-order valence-electron chi connectivity index (χ3n) is 3.25. The highest BCUT2D eigenvalue weighted by Gasteiger charge is 2.10. The fourth-order valence-corrected chi connectivity index (χ4v) is 1.90. The van der Waals surface area contributed by atoms with Crippen LogP contribution in [0, 0.1) is 6.92 Å². The highest BCUT2D eigenvalue weighted by molar-refractivity contribution is 5.91. The molecule has 0 aliphatic carbocycles. The van der Waals surface area contributed by atoms with Crippen LogP contribution in [0.15, 0.2) is 36.7 Å². The van der Waals surface area contributed by atoms with E-state index >= 15 is 0 Å². The van der Waals surface area contributed by atoms with Gasteiger partial charge in [0.05, 0.1) is 38.3 Å². The van der Waals surface area contributed by atoms with Crippen LogP contribution in [0.4, 0.5) is 0 Å². The Morgan fingerprint density at radius 2 is 2.00 bits per heavy atom. The number of amides is 1. The SMILES string of the molecule is COc1ccc(COC[C@H](O)CNC(=O)c2cnc(C)cn2)cc1. The van der Waals surface area contributed by atoms with Gasteiger partial charge in [-0.25, -0.2) is 4.98 Å². The molecular formula is C17H21N3O4. The summed E-state index contributed by atoms with van der Waals surface area (Å²) in [5, 5.41) is 12.4. The molecule has 1 amide bonds. The van der Waals surface area contributed by atoms with E-state index in [1.54, 1.807) is 14.0 Å². The number of nitrogens with zero attached hydrogens (tertiary/aromatic N) is 2. The lowest BCUT2D eigenvalue weighted by atomic mass is 10.2. The minimum absolute atomic E-state index is 0.0804. The number of methoxy groups -OCH3 is 1. The maximum Gasteiger partial charge on any atom is 0.271 e. The van der Waals surface area contributed by atoms with Gasteiger partial charge >= 0.3 is 0 Å². The monoisotopic (exact) mass is 331 g/mol. The molecule has 1 aromatic carbocycles. The fraction of sp³-hybridized carbons (Fsp3) is 0.353. The molecule has 0 bridgehead atoms. The van der Waals surface area contributed by atoms with Crippen molar-refractivity contribution in [1.82, 2.24) is 15.3 Å². The van der Waals surface area contributed by atoms with Gasteiger partial charge in [0.25, 0.3) is 5.91 Å². The Labute approximate surface area is 140 Å². The fourth-order valence-electron chi connectivity index (χ4n) is 1.90. The van der Waals surface area contributed by atoms with Crippen LogP contribution in [0.1, 0.15) is 21.7 Å². The maximum atomic E-state index is 11.8. The van der Waals surface area contributed by atoms with Crippen LogP contribution in [-0.4, -0.2) is 47.3 Å². The van der Waals surface area contributed by atoms with Crippen LogP contribution >= 0.6 is 0 Å². The van der Waals surface area contributed by atoms with Crippen molar-refractivity contribution in [3.8, 4) is 5.75 Å². The summed E-state index contributed by atoms with van der Waals surface area (Å²) >= 11 is 0. The van der Waals surface area contributed by atoms with E-state index in [0.717, 1.165) is 17.0 Å². The van der Waals surface area contributed by atoms with Gasteiger partial charge in [-0.1, -0.05) is 12.1 Å². The second-order valence-corrected chi connectivity index (χ2v) is 5.27. The predicted molar refractivity (Wildman–Crippen MR) is 87.8 cm³/mol. The highest BCUT2D eigenvalue weighted by Crippen LogP contribution is 2.11. The summed E-state index contributed by atoms with van der Waals surface area (Å²) < 4.78 is 10.5. The van der Waals surface area contributed by atoms with Gasteiger partial charge < -0.3 is 19.9 Å². The van der Waals surface area contributed by atoms with E-state index in [4.69, 9.17) is 9.47 Å². The molecule has 7 nitrogen and oxygen atoms in total. The van der Waals surface area contributed by atoms with Crippen molar-refractivity contribution in [1.29, 1.82) is 0 Å². The minimum Gasteiger partial charge on any atom is -0.497 e. The number of carbonyl (C=O) groups is 1. The van der Waals surface area contributed by atoms with Crippen molar-refractivity contribution in [2.75, 3.05) is 20.3 Å². The highest BCUT2D eigenvalue weighted by atomic mass is 16.5. The Morgan fingerprint density at radius 1 is 1.25 bits per heavy atom. The quantitative estimate of drug-likeness (QED) is 0.752. The number of benzene rings is 1. The van der Waals surface area contributed by atoms with E-state index < -0.39 is 6.10 Å². The van der Waals surface area contributed by atoms with E-state index in [9.17, 15) is 9.90 Å². The maximum absolute atomic E-state index is 11.8. The summed E-state index contributed by atoms with van der Waals surface area (Å²) in [5.74, 6) is 0.400.